The fourth-order valence-corrected chi connectivity index (χ4v) is 2.56. The van der Waals surface area contributed by atoms with E-state index in [-0.39, 0.29) is 16.8 Å². The van der Waals surface area contributed by atoms with Crippen molar-refractivity contribution in [3.05, 3.63) is 75.7 Å². The maximum Gasteiger partial charge on any atom is 0.276 e. The third-order valence-electron chi connectivity index (χ3n) is 3.76. The molecule has 1 aromatic heterocycles. The first kappa shape index (κ1) is 15.7. The van der Waals surface area contributed by atoms with Crippen LogP contribution < -0.4 is 10.7 Å². The van der Waals surface area contributed by atoms with Crippen LogP contribution in [0.25, 0.3) is 23.2 Å². The van der Waals surface area contributed by atoms with E-state index in [1.54, 1.807) is 22.8 Å². The molecule has 0 N–H and O–H groups in total. The van der Waals surface area contributed by atoms with Gasteiger partial charge >= 0.3 is 0 Å². The highest BCUT2D eigenvalue weighted by Gasteiger charge is 2.09. The van der Waals surface area contributed by atoms with E-state index in [1.165, 1.54) is 12.1 Å². The standard InChI is InChI=1S/C19H16N2O3/c1-2-21-17-11-9-14(19(23)24)12-16(17)20-15(18(21)22)10-8-13-6-4-3-5-7-13/h3-12H,2H2,1H3,(H,23,24)/p-1/b10-8+. The van der Waals surface area contributed by atoms with Crippen LogP contribution in [0.5, 0.6) is 0 Å². The Morgan fingerprint density at radius 2 is 1.92 bits per heavy atom. The fourth-order valence-electron chi connectivity index (χ4n) is 2.56. The van der Waals surface area contributed by atoms with Crippen molar-refractivity contribution in [2.45, 2.75) is 13.5 Å². The minimum atomic E-state index is -1.27. The van der Waals surface area contributed by atoms with Gasteiger partial charge in [-0.15, -0.1) is 0 Å². The zero-order valence-electron chi connectivity index (χ0n) is 13.1. The van der Waals surface area contributed by atoms with E-state index >= 15 is 0 Å². The van der Waals surface area contributed by atoms with Gasteiger partial charge in [-0.25, -0.2) is 4.98 Å². The van der Waals surface area contributed by atoms with Crippen molar-refractivity contribution in [2.75, 3.05) is 0 Å². The molecule has 3 rings (SSSR count). The zero-order valence-corrected chi connectivity index (χ0v) is 13.1. The lowest BCUT2D eigenvalue weighted by molar-refractivity contribution is -0.255. The van der Waals surface area contributed by atoms with Gasteiger partial charge in [0.1, 0.15) is 5.69 Å². The van der Waals surface area contributed by atoms with Gasteiger partial charge in [-0.3, -0.25) is 4.79 Å². The van der Waals surface area contributed by atoms with Crippen LogP contribution in [-0.4, -0.2) is 15.5 Å². The second-order valence-corrected chi connectivity index (χ2v) is 5.28. The topological polar surface area (TPSA) is 75.0 Å². The number of carbonyl (C=O) groups excluding carboxylic acids is 1. The number of nitrogens with zero attached hydrogens (tertiary/aromatic N) is 2. The number of carboxylic acid groups (broad SMARTS) is 1. The first-order chi connectivity index (χ1) is 11.6. The van der Waals surface area contributed by atoms with Crippen LogP contribution in [0.2, 0.25) is 0 Å². The number of hydrogen-bond acceptors (Lipinski definition) is 4. The van der Waals surface area contributed by atoms with E-state index in [1.807, 2.05) is 37.3 Å². The Kier molecular flexibility index (Phi) is 4.24. The first-order valence-electron chi connectivity index (χ1n) is 7.59. The van der Waals surface area contributed by atoms with E-state index in [9.17, 15) is 14.7 Å². The summed E-state index contributed by atoms with van der Waals surface area (Å²) in [6.07, 6.45) is 3.45. The first-order valence-corrected chi connectivity index (χ1v) is 7.59. The fraction of sp³-hybridized carbons (Fsp3) is 0.105. The van der Waals surface area contributed by atoms with Crippen LogP contribution in [0.4, 0.5) is 0 Å². The quantitative estimate of drug-likeness (QED) is 0.736. The maximum absolute atomic E-state index is 12.6. The number of carboxylic acids is 1. The van der Waals surface area contributed by atoms with E-state index in [2.05, 4.69) is 4.98 Å². The Morgan fingerprint density at radius 3 is 2.58 bits per heavy atom. The molecule has 0 saturated carbocycles. The molecule has 0 spiro atoms. The SMILES string of the molecule is CCn1c(=O)c(/C=C/c2ccccc2)nc2cc(C(=O)[O-])ccc21. The molecule has 3 aromatic rings. The Bertz CT molecular complexity index is 989. The van der Waals surface area contributed by atoms with Gasteiger partial charge in [-0.1, -0.05) is 42.5 Å². The summed E-state index contributed by atoms with van der Waals surface area (Å²) in [5.74, 6) is -1.27. The molecule has 0 atom stereocenters. The molecule has 0 amide bonds. The van der Waals surface area contributed by atoms with Crippen LogP contribution in [-0.2, 0) is 6.54 Å². The monoisotopic (exact) mass is 319 g/mol. The molecule has 24 heavy (non-hydrogen) atoms. The van der Waals surface area contributed by atoms with Crippen LogP contribution in [0, 0.1) is 0 Å². The Morgan fingerprint density at radius 1 is 1.17 bits per heavy atom. The van der Waals surface area contributed by atoms with Crippen LogP contribution in [0.1, 0.15) is 28.5 Å². The van der Waals surface area contributed by atoms with Gasteiger partial charge in [-0.2, -0.15) is 0 Å². The average Bonchev–Trinajstić information content (AvgIpc) is 2.60. The number of aromatic carboxylic acids is 1. The van der Waals surface area contributed by atoms with Gasteiger partial charge in [-0.05, 0) is 36.3 Å². The number of hydrogen-bond donors (Lipinski definition) is 0. The number of rotatable bonds is 4. The number of carbonyl (C=O) groups is 1. The molecule has 0 aliphatic heterocycles. The minimum Gasteiger partial charge on any atom is -0.545 e. The molecule has 2 aromatic carbocycles. The van der Waals surface area contributed by atoms with Crippen LogP contribution in [0.3, 0.4) is 0 Å². The lowest BCUT2D eigenvalue weighted by Crippen LogP contribution is -2.25. The molecular formula is C19H15N2O3-. The van der Waals surface area contributed by atoms with Gasteiger partial charge in [0.05, 0.1) is 17.0 Å². The molecule has 5 nitrogen and oxygen atoms in total. The number of aryl methyl sites for hydroxylation is 1. The molecule has 0 radical (unpaired) electrons. The number of fused-ring (bicyclic) bond motifs is 1. The highest BCUT2D eigenvalue weighted by atomic mass is 16.4. The Hall–Kier alpha value is -3.21. The summed E-state index contributed by atoms with van der Waals surface area (Å²) >= 11 is 0. The van der Waals surface area contributed by atoms with Crippen molar-refractivity contribution in [3.8, 4) is 0 Å². The summed E-state index contributed by atoms with van der Waals surface area (Å²) in [6.45, 7) is 2.33. The number of benzene rings is 2. The Labute approximate surface area is 138 Å². The average molecular weight is 319 g/mol. The van der Waals surface area contributed by atoms with Gasteiger partial charge in [0.2, 0.25) is 0 Å². The second-order valence-electron chi connectivity index (χ2n) is 5.28. The van der Waals surface area contributed by atoms with Gasteiger partial charge in [0.15, 0.2) is 0 Å². The summed E-state index contributed by atoms with van der Waals surface area (Å²) in [6, 6.07) is 14.0. The molecule has 120 valence electrons. The van der Waals surface area contributed by atoms with E-state index in [4.69, 9.17) is 0 Å². The molecule has 5 heteroatoms. The van der Waals surface area contributed by atoms with Crippen molar-refractivity contribution in [1.82, 2.24) is 9.55 Å². The summed E-state index contributed by atoms with van der Waals surface area (Å²) in [5.41, 5.74) is 2.09. The predicted molar refractivity (Wildman–Crippen MR) is 91.4 cm³/mol. The lowest BCUT2D eigenvalue weighted by Gasteiger charge is -2.10. The van der Waals surface area contributed by atoms with Crippen molar-refractivity contribution >= 4 is 29.2 Å². The molecule has 0 saturated heterocycles. The molecular weight excluding hydrogens is 304 g/mol. The van der Waals surface area contributed by atoms with Crippen LogP contribution in [0.15, 0.2) is 53.3 Å². The lowest BCUT2D eigenvalue weighted by atomic mass is 10.1. The van der Waals surface area contributed by atoms with Crippen LogP contribution >= 0.6 is 0 Å². The van der Waals surface area contributed by atoms with Crippen molar-refractivity contribution in [3.63, 3.8) is 0 Å². The molecule has 0 unspecified atom stereocenters. The summed E-state index contributed by atoms with van der Waals surface area (Å²) in [5, 5.41) is 11.0. The highest BCUT2D eigenvalue weighted by Crippen LogP contribution is 2.14. The van der Waals surface area contributed by atoms with E-state index in [0.717, 1.165) is 5.56 Å². The molecule has 0 aliphatic carbocycles. The second kappa shape index (κ2) is 6.50. The van der Waals surface area contributed by atoms with Gasteiger partial charge in [0, 0.05) is 6.54 Å². The van der Waals surface area contributed by atoms with E-state index in [0.29, 0.717) is 17.6 Å². The highest BCUT2D eigenvalue weighted by molar-refractivity contribution is 5.91. The van der Waals surface area contributed by atoms with Gasteiger partial charge in [0.25, 0.3) is 5.56 Å². The third-order valence-corrected chi connectivity index (χ3v) is 3.76. The zero-order chi connectivity index (χ0) is 17.1. The van der Waals surface area contributed by atoms with Crippen molar-refractivity contribution in [1.29, 1.82) is 0 Å². The smallest absolute Gasteiger partial charge is 0.276 e. The normalized spacial score (nSPS) is 11.2. The third kappa shape index (κ3) is 2.96. The summed E-state index contributed by atoms with van der Waals surface area (Å²) in [7, 11) is 0. The molecule has 1 heterocycles. The molecule has 0 aliphatic rings. The van der Waals surface area contributed by atoms with E-state index < -0.39 is 5.97 Å². The predicted octanol–water partition coefficient (Wildman–Crippen LogP) is 1.95. The largest absolute Gasteiger partial charge is 0.545 e. The molecule has 0 fully saturated rings. The van der Waals surface area contributed by atoms with Crippen molar-refractivity contribution in [2.24, 2.45) is 0 Å². The maximum atomic E-state index is 12.6. The number of aromatic nitrogens is 2. The van der Waals surface area contributed by atoms with Gasteiger partial charge < -0.3 is 14.5 Å². The summed E-state index contributed by atoms with van der Waals surface area (Å²) < 4.78 is 1.58. The van der Waals surface area contributed by atoms with Crippen molar-refractivity contribution < 1.29 is 9.90 Å². The summed E-state index contributed by atoms with van der Waals surface area (Å²) in [4.78, 5) is 27.9. The molecule has 0 bridgehead atoms. The Balaban J connectivity index is 2.17. The minimum absolute atomic E-state index is 0.0364.